The predicted molar refractivity (Wildman–Crippen MR) is 58.8 cm³/mol. The van der Waals surface area contributed by atoms with Gasteiger partial charge in [0.1, 0.15) is 6.54 Å². The molecule has 1 aromatic carbocycles. The quantitative estimate of drug-likeness (QED) is 0.827. The van der Waals surface area contributed by atoms with Crippen molar-refractivity contribution in [3.05, 3.63) is 33.8 Å². The Balaban J connectivity index is 2.62. The van der Waals surface area contributed by atoms with E-state index in [1.807, 2.05) is 6.07 Å². The molecule has 0 aliphatic rings. The maximum atomic E-state index is 11.2. The van der Waals surface area contributed by atoms with Crippen LogP contribution in [0.5, 0.6) is 0 Å². The monoisotopic (exact) mass is 242 g/mol. The Labute approximate surface area is 97.6 Å². The van der Waals surface area contributed by atoms with Gasteiger partial charge in [-0.3, -0.25) is 4.79 Å². The summed E-state index contributed by atoms with van der Waals surface area (Å²) in [4.78, 5) is 11.2. The van der Waals surface area contributed by atoms with Gasteiger partial charge in [0, 0.05) is 0 Å². The van der Waals surface area contributed by atoms with Gasteiger partial charge in [0.25, 0.3) is 0 Å². The molecule has 0 spiro atoms. The largest absolute Gasteiger partial charge is 0.343 e. The summed E-state index contributed by atoms with van der Waals surface area (Å²) in [6.07, 6.45) is 0.193. The number of hydrogen-bond donors (Lipinski definition) is 1. The average Bonchev–Trinajstić information content (AvgIpc) is 2.20. The average molecular weight is 243 g/mol. The number of halogens is 2. The van der Waals surface area contributed by atoms with Crippen LogP contribution in [0, 0.1) is 11.3 Å². The molecule has 78 valence electrons. The summed E-state index contributed by atoms with van der Waals surface area (Å²) >= 11 is 11.5. The molecule has 0 radical (unpaired) electrons. The van der Waals surface area contributed by atoms with Gasteiger partial charge >= 0.3 is 0 Å². The Morgan fingerprint density at radius 2 is 2.13 bits per heavy atom. The van der Waals surface area contributed by atoms with E-state index in [0.717, 1.165) is 5.56 Å². The van der Waals surface area contributed by atoms with E-state index in [1.165, 1.54) is 0 Å². The minimum atomic E-state index is -0.213. The number of carbonyl (C=O) groups is 1. The van der Waals surface area contributed by atoms with Crippen LogP contribution >= 0.6 is 23.2 Å². The molecule has 1 N–H and O–H groups in total. The first-order valence-corrected chi connectivity index (χ1v) is 4.96. The summed E-state index contributed by atoms with van der Waals surface area (Å²) < 4.78 is 0. The van der Waals surface area contributed by atoms with Crippen LogP contribution in [0.3, 0.4) is 0 Å². The van der Waals surface area contributed by atoms with E-state index in [2.05, 4.69) is 5.32 Å². The molecule has 15 heavy (non-hydrogen) atoms. The van der Waals surface area contributed by atoms with Gasteiger partial charge in [0.05, 0.1) is 22.5 Å². The van der Waals surface area contributed by atoms with E-state index in [4.69, 9.17) is 28.5 Å². The van der Waals surface area contributed by atoms with Gasteiger partial charge in [0.2, 0.25) is 5.91 Å². The molecule has 0 atom stereocenters. The van der Waals surface area contributed by atoms with Crippen molar-refractivity contribution in [2.24, 2.45) is 0 Å². The summed E-state index contributed by atoms with van der Waals surface area (Å²) in [6, 6.07) is 6.82. The summed E-state index contributed by atoms with van der Waals surface area (Å²) in [5.74, 6) is -0.213. The maximum Gasteiger partial charge on any atom is 0.225 e. The molecule has 0 unspecified atom stereocenters. The molecule has 0 saturated carbocycles. The number of nitrogens with one attached hydrogen (secondary N) is 1. The number of nitriles is 1. The number of amides is 1. The van der Waals surface area contributed by atoms with Crippen molar-refractivity contribution in [3.8, 4) is 6.07 Å². The fourth-order valence-electron chi connectivity index (χ4n) is 1.04. The molecule has 0 bridgehead atoms. The molecule has 0 aliphatic carbocycles. The lowest BCUT2D eigenvalue weighted by molar-refractivity contribution is -0.120. The van der Waals surface area contributed by atoms with Crippen molar-refractivity contribution in [1.29, 1.82) is 5.26 Å². The van der Waals surface area contributed by atoms with Crippen LogP contribution in [0.4, 0.5) is 0 Å². The van der Waals surface area contributed by atoms with Gasteiger partial charge in [-0.25, -0.2) is 0 Å². The molecule has 0 saturated heterocycles. The lowest BCUT2D eigenvalue weighted by Crippen LogP contribution is -2.25. The molecular formula is C10H8Cl2N2O. The first kappa shape index (κ1) is 11.8. The summed E-state index contributed by atoms with van der Waals surface area (Å²) in [5.41, 5.74) is 0.764. The number of hydrogen-bond acceptors (Lipinski definition) is 2. The minimum absolute atomic E-state index is 0.0140. The normalized spacial score (nSPS) is 9.40. The molecule has 1 rings (SSSR count). The zero-order valence-corrected chi connectivity index (χ0v) is 9.27. The third kappa shape index (κ3) is 3.78. The van der Waals surface area contributed by atoms with Crippen LogP contribution in [0.1, 0.15) is 5.56 Å². The number of rotatable bonds is 3. The van der Waals surface area contributed by atoms with Crippen LogP contribution in [0.2, 0.25) is 10.0 Å². The van der Waals surface area contributed by atoms with Crippen LogP contribution in [-0.4, -0.2) is 12.5 Å². The lowest BCUT2D eigenvalue weighted by Gasteiger charge is -2.02. The van der Waals surface area contributed by atoms with Crippen LogP contribution in [0.15, 0.2) is 18.2 Å². The van der Waals surface area contributed by atoms with Crippen molar-refractivity contribution in [2.75, 3.05) is 6.54 Å². The highest BCUT2D eigenvalue weighted by molar-refractivity contribution is 6.42. The Morgan fingerprint density at radius 1 is 1.40 bits per heavy atom. The Morgan fingerprint density at radius 3 is 2.73 bits per heavy atom. The molecule has 0 heterocycles. The van der Waals surface area contributed by atoms with Gasteiger partial charge in [-0.1, -0.05) is 29.3 Å². The van der Waals surface area contributed by atoms with E-state index in [0.29, 0.717) is 10.0 Å². The highest BCUT2D eigenvalue weighted by atomic mass is 35.5. The topological polar surface area (TPSA) is 52.9 Å². The van der Waals surface area contributed by atoms with Crippen LogP contribution < -0.4 is 5.32 Å². The van der Waals surface area contributed by atoms with E-state index in [-0.39, 0.29) is 18.9 Å². The fraction of sp³-hybridized carbons (Fsp3) is 0.200. The molecule has 0 fully saturated rings. The molecule has 1 amide bonds. The molecule has 0 aromatic heterocycles. The standard InChI is InChI=1S/C10H8Cl2N2O/c11-8-2-1-7(5-9(8)12)6-10(15)14-4-3-13/h1-2,5H,4,6H2,(H,14,15). The Kier molecular flexibility index (Phi) is 4.41. The van der Waals surface area contributed by atoms with E-state index in [1.54, 1.807) is 18.2 Å². The van der Waals surface area contributed by atoms with Gasteiger partial charge in [0.15, 0.2) is 0 Å². The molecule has 3 nitrogen and oxygen atoms in total. The van der Waals surface area contributed by atoms with Crippen molar-refractivity contribution < 1.29 is 4.79 Å². The first-order valence-electron chi connectivity index (χ1n) is 4.21. The second-order valence-electron chi connectivity index (χ2n) is 2.86. The predicted octanol–water partition coefficient (Wildman–Crippen LogP) is 2.18. The lowest BCUT2D eigenvalue weighted by atomic mass is 10.1. The highest BCUT2D eigenvalue weighted by Crippen LogP contribution is 2.22. The smallest absolute Gasteiger partial charge is 0.225 e. The third-order valence-electron chi connectivity index (χ3n) is 1.71. The van der Waals surface area contributed by atoms with Gasteiger partial charge in [-0.05, 0) is 17.7 Å². The minimum Gasteiger partial charge on any atom is -0.343 e. The molecule has 5 heteroatoms. The maximum absolute atomic E-state index is 11.2. The number of benzene rings is 1. The number of carbonyl (C=O) groups excluding carboxylic acids is 1. The van der Waals surface area contributed by atoms with E-state index in [9.17, 15) is 4.79 Å². The molecule has 1 aromatic rings. The van der Waals surface area contributed by atoms with Gasteiger partial charge < -0.3 is 5.32 Å². The zero-order chi connectivity index (χ0) is 11.3. The van der Waals surface area contributed by atoms with Crippen molar-refractivity contribution in [3.63, 3.8) is 0 Å². The Bertz CT molecular complexity index is 412. The van der Waals surface area contributed by atoms with Crippen molar-refractivity contribution in [1.82, 2.24) is 5.32 Å². The van der Waals surface area contributed by atoms with Gasteiger partial charge in [-0.2, -0.15) is 5.26 Å². The summed E-state index contributed by atoms with van der Waals surface area (Å²) in [5, 5.41) is 11.6. The SMILES string of the molecule is N#CCNC(=O)Cc1ccc(Cl)c(Cl)c1. The van der Waals surface area contributed by atoms with Crippen molar-refractivity contribution >= 4 is 29.1 Å². The van der Waals surface area contributed by atoms with Crippen molar-refractivity contribution in [2.45, 2.75) is 6.42 Å². The third-order valence-corrected chi connectivity index (χ3v) is 2.45. The Hall–Kier alpha value is -1.24. The summed E-state index contributed by atoms with van der Waals surface area (Å²) in [7, 11) is 0. The van der Waals surface area contributed by atoms with E-state index < -0.39 is 0 Å². The van der Waals surface area contributed by atoms with Crippen LogP contribution in [-0.2, 0) is 11.2 Å². The second kappa shape index (κ2) is 5.59. The van der Waals surface area contributed by atoms with E-state index >= 15 is 0 Å². The molecule has 0 aliphatic heterocycles. The van der Waals surface area contributed by atoms with Crippen LogP contribution in [0.25, 0.3) is 0 Å². The van der Waals surface area contributed by atoms with Gasteiger partial charge in [-0.15, -0.1) is 0 Å². The number of nitrogens with zero attached hydrogens (tertiary/aromatic N) is 1. The highest BCUT2D eigenvalue weighted by Gasteiger charge is 2.04. The summed E-state index contributed by atoms with van der Waals surface area (Å²) in [6.45, 7) is 0.0140. The second-order valence-corrected chi connectivity index (χ2v) is 3.67. The first-order chi connectivity index (χ1) is 7.13. The zero-order valence-electron chi connectivity index (χ0n) is 7.76. The fourth-order valence-corrected chi connectivity index (χ4v) is 1.36. The molecular weight excluding hydrogens is 235 g/mol.